The minimum Gasteiger partial charge on any atom is -0.369 e. The number of rotatable bonds is 7. The number of amides is 2. The monoisotopic (exact) mass is 461 g/mol. The molecule has 3 N–H and O–H groups in total. The summed E-state index contributed by atoms with van der Waals surface area (Å²) >= 11 is 0. The molecule has 0 unspecified atom stereocenters. The van der Waals surface area contributed by atoms with Crippen LogP contribution in [0.25, 0.3) is 11.1 Å². The van der Waals surface area contributed by atoms with Crippen molar-refractivity contribution in [3.05, 3.63) is 52.8 Å². The lowest BCUT2D eigenvalue weighted by molar-refractivity contribution is -0.123. The van der Waals surface area contributed by atoms with Crippen molar-refractivity contribution in [3.8, 4) is 0 Å². The van der Waals surface area contributed by atoms with E-state index < -0.39 is 0 Å². The SMILES string of the molecule is CC(C)c1noc2nc(C3CC3)cc(C(=O)Nc3cccc(CN4CCC(C(N)=O)CC4)c3)c12. The lowest BCUT2D eigenvalue weighted by Gasteiger charge is -2.30. The molecule has 2 amide bonds. The van der Waals surface area contributed by atoms with E-state index in [1.165, 1.54) is 0 Å². The van der Waals surface area contributed by atoms with Crippen molar-refractivity contribution >= 4 is 28.6 Å². The van der Waals surface area contributed by atoms with E-state index >= 15 is 0 Å². The number of fused-ring (bicyclic) bond motifs is 1. The molecule has 1 aliphatic heterocycles. The molecule has 8 nitrogen and oxygen atoms in total. The van der Waals surface area contributed by atoms with Crippen LogP contribution in [0, 0.1) is 5.92 Å². The van der Waals surface area contributed by atoms with Crippen LogP contribution < -0.4 is 11.1 Å². The fourth-order valence-electron chi connectivity index (χ4n) is 4.73. The number of hydrogen-bond donors (Lipinski definition) is 2. The first-order valence-corrected chi connectivity index (χ1v) is 12.1. The molecule has 3 heterocycles. The van der Waals surface area contributed by atoms with Gasteiger partial charge in [0, 0.05) is 29.8 Å². The van der Waals surface area contributed by atoms with E-state index in [0.29, 0.717) is 22.6 Å². The number of benzene rings is 1. The number of carbonyl (C=O) groups is 2. The summed E-state index contributed by atoms with van der Waals surface area (Å²) in [7, 11) is 0. The third-order valence-electron chi connectivity index (χ3n) is 6.86. The van der Waals surface area contributed by atoms with Crippen LogP contribution in [0.1, 0.15) is 78.7 Å². The molecule has 0 spiro atoms. The summed E-state index contributed by atoms with van der Waals surface area (Å²) in [5, 5.41) is 7.99. The lowest BCUT2D eigenvalue weighted by Crippen LogP contribution is -2.38. The van der Waals surface area contributed by atoms with Gasteiger partial charge in [0.15, 0.2) is 0 Å². The number of nitrogens with two attached hydrogens (primary N) is 1. The first-order valence-electron chi connectivity index (χ1n) is 12.1. The minimum absolute atomic E-state index is 0.0206. The molecule has 2 aromatic heterocycles. The highest BCUT2D eigenvalue weighted by Gasteiger charge is 2.29. The number of pyridine rings is 1. The van der Waals surface area contributed by atoms with E-state index in [9.17, 15) is 9.59 Å². The van der Waals surface area contributed by atoms with Crippen molar-refractivity contribution in [2.24, 2.45) is 11.7 Å². The summed E-state index contributed by atoms with van der Waals surface area (Å²) in [5.74, 6) is 0.105. The molecule has 2 fully saturated rings. The Labute approximate surface area is 198 Å². The highest BCUT2D eigenvalue weighted by molar-refractivity contribution is 6.12. The van der Waals surface area contributed by atoms with Gasteiger partial charge in [0.25, 0.3) is 11.6 Å². The van der Waals surface area contributed by atoms with Crippen LogP contribution in [0.3, 0.4) is 0 Å². The van der Waals surface area contributed by atoms with Crippen LogP contribution in [-0.4, -0.2) is 39.9 Å². The van der Waals surface area contributed by atoms with Gasteiger partial charge >= 0.3 is 0 Å². The van der Waals surface area contributed by atoms with Gasteiger partial charge in [0.05, 0.1) is 16.6 Å². The molecule has 1 saturated heterocycles. The number of nitrogens with one attached hydrogen (secondary N) is 1. The Balaban J connectivity index is 1.35. The molecule has 1 saturated carbocycles. The fraction of sp³-hybridized carbons (Fsp3) is 0.462. The Morgan fingerprint density at radius 2 is 1.94 bits per heavy atom. The molecule has 0 radical (unpaired) electrons. The maximum absolute atomic E-state index is 13.4. The van der Waals surface area contributed by atoms with Gasteiger partial charge in [-0.05, 0) is 68.5 Å². The van der Waals surface area contributed by atoms with Crippen LogP contribution in [0.15, 0.2) is 34.9 Å². The van der Waals surface area contributed by atoms with Crippen LogP contribution in [0.2, 0.25) is 0 Å². The van der Waals surface area contributed by atoms with Crippen molar-refractivity contribution in [1.29, 1.82) is 0 Å². The van der Waals surface area contributed by atoms with Gasteiger partial charge in [-0.25, -0.2) is 4.98 Å². The molecule has 34 heavy (non-hydrogen) atoms. The van der Waals surface area contributed by atoms with Gasteiger partial charge in [-0.3, -0.25) is 14.5 Å². The first kappa shape index (κ1) is 22.5. The van der Waals surface area contributed by atoms with Crippen LogP contribution in [0.4, 0.5) is 5.69 Å². The van der Waals surface area contributed by atoms with Crippen molar-refractivity contribution in [3.63, 3.8) is 0 Å². The largest absolute Gasteiger partial charge is 0.369 e. The average Bonchev–Trinajstić information content (AvgIpc) is 3.57. The van der Waals surface area contributed by atoms with Crippen LogP contribution in [0.5, 0.6) is 0 Å². The van der Waals surface area contributed by atoms with Crippen molar-refractivity contribution < 1.29 is 14.1 Å². The minimum atomic E-state index is -0.201. The highest BCUT2D eigenvalue weighted by Crippen LogP contribution is 2.41. The van der Waals surface area contributed by atoms with Crippen molar-refractivity contribution in [2.45, 2.75) is 57.9 Å². The van der Waals surface area contributed by atoms with Gasteiger partial charge in [-0.2, -0.15) is 0 Å². The van der Waals surface area contributed by atoms with Crippen LogP contribution >= 0.6 is 0 Å². The number of hydrogen-bond acceptors (Lipinski definition) is 6. The van der Waals surface area contributed by atoms with Crippen molar-refractivity contribution in [2.75, 3.05) is 18.4 Å². The topological polar surface area (TPSA) is 114 Å². The molecule has 2 aliphatic rings. The van der Waals surface area contributed by atoms with E-state index in [1.807, 2.05) is 38.1 Å². The average molecular weight is 462 g/mol. The number of likely N-dealkylation sites (tertiary alicyclic amines) is 1. The fourth-order valence-corrected chi connectivity index (χ4v) is 4.73. The molecule has 0 atom stereocenters. The smallest absolute Gasteiger partial charge is 0.259 e. The molecule has 8 heteroatoms. The summed E-state index contributed by atoms with van der Waals surface area (Å²) in [6.07, 6.45) is 3.76. The number of anilines is 1. The number of primary amides is 1. The zero-order valence-corrected chi connectivity index (χ0v) is 19.7. The van der Waals surface area contributed by atoms with Gasteiger partial charge in [-0.1, -0.05) is 31.1 Å². The summed E-state index contributed by atoms with van der Waals surface area (Å²) in [4.78, 5) is 31.8. The number of piperidine rings is 1. The lowest BCUT2D eigenvalue weighted by atomic mass is 9.96. The molecule has 3 aromatic rings. The highest BCUT2D eigenvalue weighted by atomic mass is 16.5. The Morgan fingerprint density at radius 1 is 1.18 bits per heavy atom. The standard InChI is InChI=1S/C26H31N5O3/c1-15(2)23-22-20(13-21(17-6-7-17)29-26(22)34-30-23)25(33)28-19-5-3-4-16(12-19)14-31-10-8-18(9-11-31)24(27)32/h3-5,12-13,15,17-18H,6-11,14H2,1-2H3,(H2,27,32)(H,28,33). The summed E-state index contributed by atoms with van der Waals surface area (Å²) in [5.41, 5.74) is 9.96. The maximum atomic E-state index is 13.4. The molecule has 1 aliphatic carbocycles. The van der Waals surface area contributed by atoms with E-state index in [-0.39, 0.29) is 23.7 Å². The van der Waals surface area contributed by atoms with Crippen LogP contribution in [-0.2, 0) is 11.3 Å². The zero-order chi connectivity index (χ0) is 23.8. The predicted molar refractivity (Wildman–Crippen MR) is 129 cm³/mol. The van der Waals surface area contributed by atoms with E-state index in [1.54, 1.807) is 0 Å². The molecule has 0 bridgehead atoms. The third kappa shape index (κ3) is 4.68. The molecular formula is C26H31N5O3. The Morgan fingerprint density at radius 3 is 2.62 bits per heavy atom. The number of aromatic nitrogens is 2. The normalized spacial score (nSPS) is 17.4. The molecule has 1 aromatic carbocycles. The van der Waals surface area contributed by atoms with Gasteiger partial charge in [0.1, 0.15) is 0 Å². The number of carbonyl (C=O) groups excluding carboxylic acids is 2. The Kier molecular flexibility index (Phi) is 6.08. The van der Waals surface area contributed by atoms with E-state index in [4.69, 9.17) is 10.3 Å². The number of nitrogens with zero attached hydrogens (tertiary/aromatic N) is 3. The molecule has 5 rings (SSSR count). The summed E-state index contributed by atoms with van der Waals surface area (Å²) < 4.78 is 5.52. The van der Waals surface area contributed by atoms with Gasteiger partial charge in [-0.15, -0.1) is 0 Å². The van der Waals surface area contributed by atoms with E-state index in [0.717, 1.165) is 68.0 Å². The Hall–Kier alpha value is -3.26. The second-order valence-electron chi connectivity index (χ2n) is 9.88. The van der Waals surface area contributed by atoms with E-state index in [2.05, 4.69) is 26.4 Å². The first-order chi connectivity index (χ1) is 16.4. The third-order valence-corrected chi connectivity index (χ3v) is 6.86. The molecule has 178 valence electrons. The quantitative estimate of drug-likeness (QED) is 0.546. The van der Waals surface area contributed by atoms with Gasteiger partial charge < -0.3 is 15.6 Å². The summed E-state index contributed by atoms with van der Waals surface area (Å²) in [6, 6.07) is 9.83. The summed E-state index contributed by atoms with van der Waals surface area (Å²) in [6.45, 7) is 6.51. The second kappa shape index (κ2) is 9.18. The second-order valence-corrected chi connectivity index (χ2v) is 9.88. The van der Waals surface area contributed by atoms with Crippen molar-refractivity contribution in [1.82, 2.24) is 15.0 Å². The zero-order valence-electron chi connectivity index (χ0n) is 19.7. The predicted octanol–water partition coefficient (Wildman–Crippen LogP) is 4.17. The maximum Gasteiger partial charge on any atom is 0.259 e. The Bertz CT molecular complexity index is 1220. The van der Waals surface area contributed by atoms with Gasteiger partial charge in [0.2, 0.25) is 5.91 Å². The molecular weight excluding hydrogens is 430 g/mol.